The van der Waals surface area contributed by atoms with Crippen LogP contribution in [0.15, 0.2) is 0 Å². The number of hydrogen-bond donors (Lipinski definition) is 0. The minimum Gasteiger partial charge on any atom is -0.342 e. The maximum atomic E-state index is 11.3. The topological polar surface area (TPSA) is 20.3 Å². The Labute approximate surface area is 81.4 Å². The fourth-order valence-corrected chi connectivity index (χ4v) is 1.79. The molecule has 1 heterocycles. The van der Waals surface area contributed by atoms with Gasteiger partial charge in [0.25, 0.3) is 0 Å². The number of terminal acetylenes is 1. The Hall–Kier alpha value is -0.490. The van der Waals surface area contributed by atoms with Crippen molar-refractivity contribution in [2.24, 2.45) is 0 Å². The summed E-state index contributed by atoms with van der Waals surface area (Å²) >= 11 is 3.32. The molecule has 2 nitrogen and oxygen atoms in total. The zero-order valence-electron chi connectivity index (χ0n) is 6.92. The van der Waals surface area contributed by atoms with Gasteiger partial charge in [0, 0.05) is 19.5 Å². The lowest BCUT2D eigenvalue weighted by Gasteiger charge is -2.14. The number of halogens is 1. The van der Waals surface area contributed by atoms with Gasteiger partial charge in [-0.25, -0.2) is 0 Å². The minimum atomic E-state index is 0.0448. The summed E-state index contributed by atoms with van der Waals surface area (Å²) < 4.78 is 0. The number of carbonyl (C=O) groups is 1. The molecule has 1 saturated heterocycles. The first kappa shape index (κ1) is 9.60. The fourth-order valence-electron chi connectivity index (χ4n) is 1.29. The number of carbonyl (C=O) groups excluding carboxylic acids is 1. The van der Waals surface area contributed by atoms with Crippen LogP contribution < -0.4 is 0 Å². The van der Waals surface area contributed by atoms with E-state index in [0.29, 0.717) is 0 Å². The lowest BCUT2D eigenvalue weighted by atomic mass is 10.3. The lowest BCUT2D eigenvalue weighted by Crippen LogP contribution is -2.28. The van der Waals surface area contributed by atoms with E-state index in [1.165, 1.54) is 0 Å². The van der Waals surface area contributed by atoms with Crippen LogP contribution in [-0.2, 0) is 4.79 Å². The van der Waals surface area contributed by atoms with Crippen molar-refractivity contribution in [1.82, 2.24) is 4.90 Å². The Morgan fingerprint density at radius 1 is 1.75 bits per heavy atom. The van der Waals surface area contributed by atoms with E-state index in [0.717, 1.165) is 32.4 Å². The summed E-state index contributed by atoms with van der Waals surface area (Å²) in [7, 11) is 0. The van der Waals surface area contributed by atoms with Crippen LogP contribution in [0.5, 0.6) is 0 Å². The quantitative estimate of drug-likeness (QED) is 0.407. The molecule has 1 amide bonds. The summed E-state index contributed by atoms with van der Waals surface area (Å²) in [6.45, 7) is 1.68. The number of nitrogens with zero attached hydrogens (tertiary/aromatic N) is 1. The predicted molar refractivity (Wildman–Crippen MR) is 52.0 cm³/mol. The smallest absolute Gasteiger partial charge is 0.236 e. The summed E-state index contributed by atoms with van der Waals surface area (Å²) in [5, 5.41) is 0. The molecule has 0 aliphatic carbocycles. The molecule has 0 spiro atoms. The summed E-state index contributed by atoms with van der Waals surface area (Å²) in [5.74, 6) is 2.78. The third-order valence-corrected chi connectivity index (χ3v) is 2.83. The van der Waals surface area contributed by atoms with Gasteiger partial charge in [-0.1, -0.05) is 15.9 Å². The molecule has 0 aromatic rings. The molecule has 0 radical (unpaired) electrons. The van der Waals surface area contributed by atoms with Crippen molar-refractivity contribution < 1.29 is 4.79 Å². The molecule has 1 aliphatic rings. The highest BCUT2D eigenvalue weighted by molar-refractivity contribution is 9.10. The zero-order chi connectivity index (χ0) is 8.97. The standard InChI is InChI=1S/C9H12BrNO/c1-2-3-4-6-11-7-5-8(10)9(11)12/h1,8H,3-7H2. The number of likely N-dealkylation sites (tertiary alicyclic amines) is 1. The maximum absolute atomic E-state index is 11.3. The average molecular weight is 230 g/mol. The highest BCUT2D eigenvalue weighted by atomic mass is 79.9. The molecule has 1 unspecified atom stereocenters. The highest BCUT2D eigenvalue weighted by Crippen LogP contribution is 2.18. The van der Waals surface area contributed by atoms with Gasteiger partial charge in [-0.3, -0.25) is 4.79 Å². The Kier molecular flexibility index (Phi) is 3.61. The summed E-state index contributed by atoms with van der Waals surface area (Å²) in [6.07, 6.45) is 7.72. The van der Waals surface area contributed by atoms with E-state index in [-0.39, 0.29) is 10.7 Å². The highest BCUT2D eigenvalue weighted by Gasteiger charge is 2.28. The second kappa shape index (κ2) is 4.51. The van der Waals surface area contributed by atoms with E-state index in [1.54, 1.807) is 0 Å². The average Bonchev–Trinajstić information content (AvgIpc) is 2.36. The summed E-state index contributed by atoms with van der Waals surface area (Å²) in [5.41, 5.74) is 0. The molecule has 1 fully saturated rings. The molecule has 1 rings (SSSR count). The Morgan fingerprint density at radius 3 is 3.00 bits per heavy atom. The van der Waals surface area contributed by atoms with E-state index in [2.05, 4.69) is 21.9 Å². The largest absolute Gasteiger partial charge is 0.342 e. The molecule has 66 valence electrons. The number of rotatable bonds is 3. The van der Waals surface area contributed by atoms with E-state index in [4.69, 9.17) is 6.42 Å². The first-order valence-electron chi connectivity index (χ1n) is 4.12. The van der Waals surface area contributed by atoms with Crippen LogP contribution >= 0.6 is 15.9 Å². The van der Waals surface area contributed by atoms with E-state index >= 15 is 0 Å². The number of amides is 1. The van der Waals surface area contributed by atoms with Crippen LogP contribution in [0.4, 0.5) is 0 Å². The van der Waals surface area contributed by atoms with Gasteiger partial charge >= 0.3 is 0 Å². The number of alkyl halides is 1. The van der Waals surface area contributed by atoms with Gasteiger partial charge < -0.3 is 4.90 Å². The summed E-state index contributed by atoms with van der Waals surface area (Å²) in [6, 6.07) is 0. The van der Waals surface area contributed by atoms with Crippen molar-refractivity contribution in [2.75, 3.05) is 13.1 Å². The fraction of sp³-hybridized carbons (Fsp3) is 0.667. The molecule has 3 heteroatoms. The first-order valence-corrected chi connectivity index (χ1v) is 5.03. The monoisotopic (exact) mass is 229 g/mol. The predicted octanol–water partition coefficient (Wildman–Crippen LogP) is 1.40. The van der Waals surface area contributed by atoms with Gasteiger partial charge in [-0.05, 0) is 12.8 Å². The molecular weight excluding hydrogens is 218 g/mol. The van der Waals surface area contributed by atoms with Gasteiger partial charge in [-0.15, -0.1) is 12.3 Å². The normalized spacial score (nSPS) is 22.8. The van der Waals surface area contributed by atoms with Gasteiger partial charge in [0.2, 0.25) is 5.91 Å². The summed E-state index contributed by atoms with van der Waals surface area (Å²) in [4.78, 5) is 13.2. The molecular formula is C9H12BrNO. The van der Waals surface area contributed by atoms with Crippen LogP contribution in [0, 0.1) is 12.3 Å². The Morgan fingerprint density at radius 2 is 2.50 bits per heavy atom. The van der Waals surface area contributed by atoms with Crippen molar-refractivity contribution in [1.29, 1.82) is 0 Å². The number of unbranched alkanes of at least 4 members (excludes halogenated alkanes) is 1. The zero-order valence-corrected chi connectivity index (χ0v) is 8.51. The van der Waals surface area contributed by atoms with Crippen molar-refractivity contribution in [3.63, 3.8) is 0 Å². The van der Waals surface area contributed by atoms with Crippen LogP contribution in [0.3, 0.4) is 0 Å². The molecule has 1 aliphatic heterocycles. The maximum Gasteiger partial charge on any atom is 0.236 e. The second-order valence-corrected chi connectivity index (χ2v) is 3.99. The molecule has 0 aromatic heterocycles. The molecule has 0 aromatic carbocycles. The Balaban J connectivity index is 2.26. The van der Waals surface area contributed by atoms with Crippen LogP contribution in [0.25, 0.3) is 0 Å². The van der Waals surface area contributed by atoms with Crippen LogP contribution in [0.1, 0.15) is 19.3 Å². The van der Waals surface area contributed by atoms with Crippen LogP contribution in [-0.4, -0.2) is 28.7 Å². The molecule has 12 heavy (non-hydrogen) atoms. The van der Waals surface area contributed by atoms with Gasteiger partial charge in [0.1, 0.15) is 0 Å². The molecule has 0 N–H and O–H groups in total. The molecule has 0 saturated carbocycles. The third kappa shape index (κ3) is 2.25. The second-order valence-electron chi connectivity index (χ2n) is 2.89. The van der Waals surface area contributed by atoms with Crippen molar-refractivity contribution >= 4 is 21.8 Å². The van der Waals surface area contributed by atoms with Gasteiger partial charge in [-0.2, -0.15) is 0 Å². The van der Waals surface area contributed by atoms with Crippen molar-refractivity contribution in [3.05, 3.63) is 0 Å². The Bertz CT molecular complexity index is 209. The molecule has 1 atom stereocenters. The van der Waals surface area contributed by atoms with Crippen molar-refractivity contribution in [3.8, 4) is 12.3 Å². The van der Waals surface area contributed by atoms with E-state index in [1.807, 2.05) is 4.90 Å². The number of hydrogen-bond acceptors (Lipinski definition) is 1. The van der Waals surface area contributed by atoms with Crippen LogP contribution in [0.2, 0.25) is 0 Å². The van der Waals surface area contributed by atoms with E-state index in [9.17, 15) is 4.79 Å². The minimum absolute atomic E-state index is 0.0448. The third-order valence-electron chi connectivity index (χ3n) is 1.98. The van der Waals surface area contributed by atoms with Gasteiger partial charge in [0.05, 0.1) is 4.83 Å². The lowest BCUT2D eigenvalue weighted by molar-refractivity contribution is -0.127. The SMILES string of the molecule is C#CCCCN1CCC(Br)C1=O. The van der Waals surface area contributed by atoms with Crippen molar-refractivity contribution in [2.45, 2.75) is 24.1 Å². The van der Waals surface area contributed by atoms with Gasteiger partial charge in [0.15, 0.2) is 0 Å². The van der Waals surface area contributed by atoms with E-state index < -0.39 is 0 Å². The molecule has 0 bridgehead atoms. The first-order chi connectivity index (χ1) is 5.75.